The summed E-state index contributed by atoms with van der Waals surface area (Å²) in [6.07, 6.45) is 6.58. The van der Waals surface area contributed by atoms with Crippen molar-refractivity contribution in [2.24, 2.45) is 5.92 Å². The minimum absolute atomic E-state index is 0.0152. The number of hydrogen-bond acceptors (Lipinski definition) is 3. The van der Waals surface area contributed by atoms with Gasteiger partial charge in [-0.15, -0.1) is 0 Å². The van der Waals surface area contributed by atoms with Gasteiger partial charge in [0.15, 0.2) is 0 Å². The monoisotopic (exact) mass is 432 g/mol. The van der Waals surface area contributed by atoms with Crippen LogP contribution in [0.2, 0.25) is 15.1 Å². The van der Waals surface area contributed by atoms with Gasteiger partial charge in [-0.25, -0.2) is 0 Å². The normalized spacial score (nSPS) is 18.2. The highest BCUT2D eigenvalue weighted by Gasteiger charge is 2.29. The van der Waals surface area contributed by atoms with E-state index in [1.165, 1.54) is 31.7 Å². The van der Waals surface area contributed by atoms with Crippen LogP contribution in [0.4, 0.5) is 0 Å². The fourth-order valence-corrected chi connectivity index (χ4v) is 4.57. The molecular formula is C19H23Cl3N2O3. The van der Waals surface area contributed by atoms with Gasteiger partial charge < -0.3 is 14.9 Å². The molecule has 0 aromatic heterocycles. The first-order valence-electron chi connectivity index (χ1n) is 9.32. The van der Waals surface area contributed by atoms with E-state index in [-0.39, 0.29) is 32.3 Å². The molecule has 1 heterocycles. The molecule has 0 radical (unpaired) electrons. The first-order valence-corrected chi connectivity index (χ1v) is 10.5. The summed E-state index contributed by atoms with van der Waals surface area (Å²) in [5, 5.41) is 10.2. The standard InChI is InChI=1S/C19H23Cl3N2O3/c20-13-11-14(21)18(26)16(17(13)22)19(27)24-9-7-23(8-10-24)15(25)6-5-12-3-1-2-4-12/h11-12,26H,1-10H2. The lowest BCUT2D eigenvalue weighted by atomic mass is 10.0. The Morgan fingerprint density at radius 1 is 1.00 bits per heavy atom. The predicted molar refractivity (Wildman–Crippen MR) is 107 cm³/mol. The molecule has 148 valence electrons. The Balaban J connectivity index is 1.57. The third-order valence-electron chi connectivity index (χ3n) is 5.52. The minimum Gasteiger partial charge on any atom is -0.505 e. The average Bonchev–Trinajstić information content (AvgIpc) is 3.18. The summed E-state index contributed by atoms with van der Waals surface area (Å²) < 4.78 is 0. The van der Waals surface area contributed by atoms with E-state index in [1.54, 1.807) is 4.90 Å². The number of carbonyl (C=O) groups is 2. The molecule has 5 nitrogen and oxygen atoms in total. The molecule has 1 aliphatic heterocycles. The molecular weight excluding hydrogens is 411 g/mol. The number of hydrogen-bond donors (Lipinski definition) is 1. The summed E-state index contributed by atoms with van der Waals surface area (Å²) in [6, 6.07) is 1.30. The molecule has 1 saturated carbocycles. The first-order chi connectivity index (χ1) is 12.9. The maximum absolute atomic E-state index is 12.8. The number of piperazine rings is 1. The molecule has 2 fully saturated rings. The Labute approximate surface area is 174 Å². The maximum atomic E-state index is 12.8. The summed E-state index contributed by atoms with van der Waals surface area (Å²) in [7, 11) is 0. The number of rotatable bonds is 4. The molecule has 27 heavy (non-hydrogen) atoms. The number of aromatic hydroxyl groups is 1. The fourth-order valence-electron chi connectivity index (χ4n) is 3.88. The van der Waals surface area contributed by atoms with Crippen molar-refractivity contribution in [3.63, 3.8) is 0 Å². The van der Waals surface area contributed by atoms with Crippen LogP contribution in [-0.2, 0) is 4.79 Å². The number of amides is 2. The highest BCUT2D eigenvalue weighted by atomic mass is 35.5. The zero-order valence-corrected chi connectivity index (χ0v) is 17.3. The molecule has 2 aliphatic rings. The molecule has 2 amide bonds. The van der Waals surface area contributed by atoms with Gasteiger partial charge >= 0.3 is 0 Å². The Morgan fingerprint density at radius 3 is 2.22 bits per heavy atom. The van der Waals surface area contributed by atoms with Crippen LogP contribution in [0, 0.1) is 5.92 Å². The fraction of sp³-hybridized carbons (Fsp3) is 0.579. The van der Waals surface area contributed by atoms with Gasteiger partial charge in [-0.3, -0.25) is 9.59 Å². The lowest BCUT2D eigenvalue weighted by Gasteiger charge is -2.35. The zero-order valence-electron chi connectivity index (χ0n) is 15.0. The molecule has 1 saturated heterocycles. The minimum atomic E-state index is -0.431. The topological polar surface area (TPSA) is 60.9 Å². The summed E-state index contributed by atoms with van der Waals surface area (Å²) in [6.45, 7) is 1.71. The van der Waals surface area contributed by atoms with Gasteiger partial charge in [0.05, 0.1) is 15.1 Å². The molecule has 0 bridgehead atoms. The zero-order chi connectivity index (χ0) is 19.6. The van der Waals surface area contributed by atoms with E-state index in [2.05, 4.69) is 0 Å². The van der Waals surface area contributed by atoms with Crippen LogP contribution in [0.5, 0.6) is 5.75 Å². The van der Waals surface area contributed by atoms with Crippen molar-refractivity contribution in [1.82, 2.24) is 9.80 Å². The Kier molecular flexibility index (Phi) is 6.77. The lowest BCUT2D eigenvalue weighted by Crippen LogP contribution is -2.50. The van der Waals surface area contributed by atoms with Gasteiger partial charge in [0.25, 0.3) is 5.91 Å². The summed E-state index contributed by atoms with van der Waals surface area (Å²) in [5.41, 5.74) is -0.0878. The van der Waals surface area contributed by atoms with Crippen molar-refractivity contribution in [2.45, 2.75) is 38.5 Å². The number of phenols is 1. The van der Waals surface area contributed by atoms with Gasteiger partial charge in [-0.2, -0.15) is 0 Å². The molecule has 0 atom stereocenters. The molecule has 1 N–H and O–H groups in total. The number of benzene rings is 1. The van der Waals surface area contributed by atoms with Crippen molar-refractivity contribution in [2.75, 3.05) is 26.2 Å². The largest absolute Gasteiger partial charge is 0.505 e. The van der Waals surface area contributed by atoms with Gasteiger partial charge in [-0.1, -0.05) is 60.5 Å². The van der Waals surface area contributed by atoms with Crippen LogP contribution in [-0.4, -0.2) is 52.9 Å². The quantitative estimate of drug-likeness (QED) is 0.706. The lowest BCUT2D eigenvalue weighted by molar-refractivity contribution is -0.133. The Morgan fingerprint density at radius 2 is 1.59 bits per heavy atom. The number of carbonyl (C=O) groups excluding carboxylic acids is 2. The van der Waals surface area contributed by atoms with Crippen LogP contribution in [0.25, 0.3) is 0 Å². The van der Waals surface area contributed by atoms with Crippen LogP contribution in [0.1, 0.15) is 48.9 Å². The number of halogens is 3. The van der Waals surface area contributed by atoms with Gasteiger partial charge in [-0.05, 0) is 18.4 Å². The molecule has 1 aliphatic carbocycles. The van der Waals surface area contributed by atoms with Crippen molar-refractivity contribution in [3.8, 4) is 5.75 Å². The van der Waals surface area contributed by atoms with Gasteiger partial charge in [0.1, 0.15) is 11.3 Å². The second-order valence-corrected chi connectivity index (χ2v) is 8.43. The first kappa shape index (κ1) is 20.6. The second-order valence-electron chi connectivity index (χ2n) is 7.24. The summed E-state index contributed by atoms with van der Waals surface area (Å²) in [4.78, 5) is 28.6. The van der Waals surface area contributed by atoms with E-state index in [1.807, 2.05) is 4.90 Å². The van der Waals surface area contributed by atoms with E-state index >= 15 is 0 Å². The molecule has 0 unspecified atom stereocenters. The van der Waals surface area contributed by atoms with Crippen molar-refractivity contribution < 1.29 is 14.7 Å². The highest BCUT2D eigenvalue weighted by Crippen LogP contribution is 2.39. The van der Waals surface area contributed by atoms with E-state index in [0.717, 1.165) is 6.42 Å². The molecule has 1 aromatic rings. The highest BCUT2D eigenvalue weighted by molar-refractivity contribution is 6.45. The molecule has 0 spiro atoms. The molecule has 8 heteroatoms. The number of phenolic OH excluding ortho intramolecular Hbond substituents is 1. The SMILES string of the molecule is O=C(CCC1CCCC1)N1CCN(C(=O)c2c(O)c(Cl)cc(Cl)c2Cl)CC1. The van der Waals surface area contributed by atoms with Crippen LogP contribution >= 0.6 is 34.8 Å². The maximum Gasteiger partial charge on any atom is 0.259 e. The van der Waals surface area contributed by atoms with E-state index < -0.39 is 5.91 Å². The average molecular weight is 434 g/mol. The third-order valence-corrected chi connectivity index (χ3v) is 6.60. The van der Waals surface area contributed by atoms with Crippen LogP contribution in [0.3, 0.4) is 0 Å². The van der Waals surface area contributed by atoms with E-state index in [9.17, 15) is 14.7 Å². The molecule has 3 rings (SSSR count). The van der Waals surface area contributed by atoms with Gasteiger partial charge in [0, 0.05) is 32.6 Å². The third kappa shape index (κ3) is 4.64. The van der Waals surface area contributed by atoms with E-state index in [0.29, 0.717) is 38.5 Å². The van der Waals surface area contributed by atoms with Crippen molar-refractivity contribution >= 4 is 46.6 Å². The Hall–Kier alpha value is -1.17. The van der Waals surface area contributed by atoms with Gasteiger partial charge in [0.2, 0.25) is 5.91 Å². The second kappa shape index (κ2) is 8.89. The van der Waals surface area contributed by atoms with Crippen LogP contribution < -0.4 is 0 Å². The smallest absolute Gasteiger partial charge is 0.259 e. The van der Waals surface area contributed by atoms with Crippen molar-refractivity contribution in [1.29, 1.82) is 0 Å². The summed E-state index contributed by atoms with van der Waals surface area (Å²) in [5.74, 6) is 0.0429. The Bertz CT molecular complexity index is 701. The molecule has 1 aromatic carbocycles. The van der Waals surface area contributed by atoms with E-state index in [4.69, 9.17) is 34.8 Å². The number of nitrogens with zero attached hydrogens (tertiary/aromatic N) is 2. The van der Waals surface area contributed by atoms with Crippen LogP contribution in [0.15, 0.2) is 6.07 Å². The predicted octanol–water partition coefficient (Wildman–Crippen LogP) is 4.61. The van der Waals surface area contributed by atoms with Crippen molar-refractivity contribution in [3.05, 3.63) is 26.7 Å². The summed E-state index contributed by atoms with van der Waals surface area (Å²) >= 11 is 18.0.